The van der Waals surface area contributed by atoms with Gasteiger partial charge < -0.3 is 19.7 Å². The van der Waals surface area contributed by atoms with Gasteiger partial charge in [-0.05, 0) is 43.0 Å². The predicted molar refractivity (Wildman–Crippen MR) is 150 cm³/mol. The van der Waals surface area contributed by atoms with Gasteiger partial charge in [-0.1, -0.05) is 47.5 Å². The first-order valence-electron chi connectivity index (χ1n) is 13.1. The van der Waals surface area contributed by atoms with Crippen molar-refractivity contribution in [3.05, 3.63) is 69.8 Å². The summed E-state index contributed by atoms with van der Waals surface area (Å²) in [6, 6.07) is 13.2. The average Bonchev–Trinajstić information content (AvgIpc) is 3.37. The van der Waals surface area contributed by atoms with E-state index in [1.807, 2.05) is 53.2 Å². The van der Waals surface area contributed by atoms with Crippen LogP contribution in [0.25, 0.3) is 10.9 Å². The first-order chi connectivity index (χ1) is 18.2. The molecule has 9 heteroatoms. The molecule has 0 saturated carbocycles. The van der Waals surface area contributed by atoms with Gasteiger partial charge in [-0.25, -0.2) is 0 Å². The number of piperidine rings is 2. The van der Waals surface area contributed by atoms with Gasteiger partial charge >= 0.3 is 0 Å². The quantitative estimate of drug-likeness (QED) is 0.482. The fourth-order valence-corrected chi connectivity index (χ4v) is 6.27. The molecule has 2 aromatic carbocycles. The van der Waals surface area contributed by atoms with Gasteiger partial charge in [0.2, 0.25) is 11.8 Å². The summed E-state index contributed by atoms with van der Waals surface area (Å²) in [7, 11) is 1.84. The van der Waals surface area contributed by atoms with Crippen molar-refractivity contribution >= 4 is 51.8 Å². The number of hydrogen-bond acceptors (Lipinski definition) is 3. The third kappa shape index (κ3) is 5.14. The number of halogens is 2. The number of benzene rings is 2. The summed E-state index contributed by atoms with van der Waals surface area (Å²) in [6.07, 6.45) is 3.76. The van der Waals surface area contributed by atoms with Crippen LogP contribution in [0.3, 0.4) is 0 Å². The van der Waals surface area contributed by atoms with Crippen molar-refractivity contribution in [3.8, 4) is 0 Å². The molecule has 0 aliphatic carbocycles. The SMILES string of the molecule is CC(=O)N1CCC(C(=O)N2CC[C@@H](N(C)C(=O)c3c[nH]c4ccccc34)[C@H](c3ccc(Cl)c(Cl)c3)C2)CC1. The number of rotatable bonds is 4. The molecule has 0 bridgehead atoms. The molecule has 7 nitrogen and oxygen atoms in total. The number of amides is 3. The highest BCUT2D eigenvalue weighted by Gasteiger charge is 2.39. The normalized spacial score (nSPS) is 20.5. The molecule has 0 radical (unpaired) electrons. The summed E-state index contributed by atoms with van der Waals surface area (Å²) in [4.78, 5) is 47.7. The summed E-state index contributed by atoms with van der Waals surface area (Å²) >= 11 is 12.6. The standard InChI is InChI=1S/C29H32Cl2N4O3/c1-18(36)34-12-9-19(10-13-34)28(37)35-14-11-27(23(17-35)20-7-8-24(30)25(31)15-20)33(2)29(38)22-16-32-26-6-4-3-5-21(22)26/h3-8,15-16,19,23,27,32H,9-14,17H2,1-2H3/t23-,27+/m0/s1. The summed E-state index contributed by atoms with van der Waals surface area (Å²) in [5, 5.41) is 1.81. The van der Waals surface area contributed by atoms with Gasteiger partial charge in [-0.3, -0.25) is 14.4 Å². The summed E-state index contributed by atoms with van der Waals surface area (Å²) in [5.41, 5.74) is 2.50. The first kappa shape index (κ1) is 26.6. The number of aromatic nitrogens is 1. The number of likely N-dealkylation sites (tertiary alicyclic amines) is 2. The van der Waals surface area contributed by atoms with Crippen molar-refractivity contribution in [2.24, 2.45) is 5.92 Å². The van der Waals surface area contributed by atoms with Gasteiger partial charge in [0.15, 0.2) is 0 Å². The molecule has 5 rings (SSSR count). The number of carbonyl (C=O) groups excluding carboxylic acids is 3. The van der Waals surface area contributed by atoms with Crippen molar-refractivity contribution in [3.63, 3.8) is 0 Å². The van der Waals surface area contributed by atoms with E-state index < -0.39 is 0 Å². The molecule has 1 aromatic heterocycles. The molecule has 2 atom stereocenters. The van der Waals surface area contributed by atoms with Crippen LogP contribution in [-0.4, -0.2) is 76.7 Å². The number of para-hydroxylation sites is 1. The highest BCUT2D eigenvalue weighted by molar-refractivity contribution is 6.42. The Labute approximate surface area is 232 Å². The smallest absolute Gasteiger partial charge is 0.256 e. The largest absolute Gasteiger partial charge is 0.360 e. The van der Waals surface area contributed by atoms with Crippen molar-refractivity contribution < 1.29 is 14.4 Å². The second-order valence-electron chi connectivity index (χ2n) is 10.4. The molecule has 1 N–H and O–H groups in total. The van der Waals surface area contributed by atoms with Crippen molar-refractivity contribution in [1.29, 1.82) is 0 Å². The molecule has 2 saturated heterocycles. The van der Waals surface area contributed by atoms with Crippen LogP contribution in [0.5, 0.6) is 0 Å². The number of nitrogens with zero attached hydrogens (tertiary/aromatic N) is 3. The molecule has 38 heavy (non-hydrogen) atoms. The third-order valence-electron chi connectivity index (χ3n) is 8.19. The van der Waals surface area contributed by atoms with E-state index in [-0.39, 0.29) is 35.6 Å². The zero-order valence-corrected chi connectivity index (χ0v) is 23.1. The maximum atomic E-state index is 13.7. The van der Waals surface area contributed by atoms with E-state index >= 15 is 0 Å². The Balaban J connectivity index is 1.39. The monoisotopic (exact) mass is 554 g/mol. The van der Waals surface area contributed by atoms with Crippen molar-refractivity contribution in [2.45, 2.75) is 38.1 Å². The second-order valence-corrected chi connectivity index (χ2v) is 11.2. The number of hydrogen-bond donors (Lipinski definition) is 1. The Morgan fingerprint density at radius 2 is 1.66 bits per heavy atom. The Morgan fingerprint density at radius 3 is 2.37 bits per heavy atom. The van der Waals surface area contributed by atoms with Crippen LogP contribution in [0.15, 0.2) is 48.7 Å². The second kappa shape index (κ2) is 11.0. The van der Waals surface area contributed by atoms with Gasteiger partial charge in [-0.15, -0.1) is 0 Å². The van der Waals surface area contributed by atoms with Crippen LogP contribution in [0.2, 0.25) is 10.0 Å². The molecule has 3 heterocycles. The zero-order chi connectivity index (χ0) is 27.0. The topological polar surface area (TPSA) is 76.7 Å². The molecule has 0 spiro atoms. The van der Waals surface area contributed by atoms with Gasteiger partial charge in [0, 0.05) is 75.1 Å². The average molecular weight is 556 g/mol. The highest BCUT2D eigenvalue weighted by Crippen LogP contribution is 2.36. The summed E-state index contributed by atoms with van der Waals surface area (Å²) in [6.45, 7) is 3.85. The molecule has 3 amide bonds. The number of fused-ring (bicyclic) bond motifs is 1. The predicted octanol–water partition coefficient (Wildman–Crippen LogP) is 5.19. The molecule has 2 aliphatic heterocycles. The van der Waals surface area contributed by atoms with Gasteiger partial charge in [0.05, 0.1) is 15.6 Å². The first-order valence-corrected chi connectivity index (χ1v) is 13.8. The van der Waals surface area contributed by atoms with E-state index in [0.29, 0.717) is 61.1 Å². The molecule has 3 aromatic rings. The van der Waals surface area contributed by atoms with Crippen LogP contribution in [-0.2, 0) is 9.59 Å². The van der Waals surface area contributed by atoms with Crippen molar-refractivity contribution in [2.75, 3.05) is 33.2 Å². The van der Waals surface area contributed by atoms with E-state index in [2.05, 4.69) is 4.98 Å². The minimum atomic E-state index is -0.128. The number of H-pyrrole nitrogens is 1. The zero-order valence-electron chi connectivity index (χ0n) is 21.6. The van der Waals surface area contributed by atoms with E-state index in [4.69, 9.17) is 23.2 Å². The lowest BCUT2D eigenvalue weighted by Crippen LogP contribution is -2.53. The lowest BCUT2D eigenvalue weighted by Gasteiger charge is -2.44. The Kier molecular flexibility index (Phi) is 7.68. The molecule has 2 fully saturated rings. The van der Waals surface area contributed by atoms with Crippen molar-refractivity contribution in [1.82, 2.24) is 19.7 Å². The van der Waals surface area contributed by atoms with E-state index in [1.165, 1.54) is 0 Å². The van der Waals surface area contributed by atoms with Crippen LogP contribution < -0.4 is 0 Å². The van der Waals surface area contributed by atoms with Crippen LogP contribution in [0.4, 0.5) is 0 Å². The molecular formula is C29H32Cl2N4O3. The lowest BCUT2D eigenvalue weighted by atomic mass is 9.83. The highest BCUT2D eigenvalue weighted by atomic mass is 35.5. The summed E-state index contributed by atoms with van der Waals surface area (Å²) < 4.78 is 0. The van der Waals surface area contributed by atoms with Gasteiger partial charge in [0.1, 0.15) is 0 Å². The fourth-order valence-electron chi connectivity index (χ4n) is 5.96. The lowest BCUT2D eigenvalue weighted by molar-refractivity contribution is -0.141. The van der Waals surface area contributed by atoms with Crippen LogP contribution >= 0.6 is 23.2 Å². The van der Waals surface area contributed by atoms with E-state index in [0.717, 1.165) is 16.5 Å². The molecule has 2 aliphatic rings. The Bertz CT molecular complexity index is 1360. The number of likely N-dealkylation sites (N-methyl/N-ethyl adjacent to an activating group) is 1. The summed E-state index contributed by atoms with van der Waals surface area (Å²) in [5.74, 6) is -0.100. The number of carbonyl (C=O) groups is 3. The van der Waals surface area contributed by atoms with Gasteiger partial charge in [-0.2, -0.15) is 0 Å². The third-order valence-corrected chi connectivity index (χ3v) is 8.93. The molecule has 200 valence electrons. The number of aromatic amines is 1. The maximum absolute atomic E-state index is 13.7. The molecular weight excluding hydrogens is 523 g/mol. The van der Waals surface area contributed by atoms with Crippen LogP contribution in [0, 0.1) is 5.92 Å². The van der Waals surface area contributed by atoms with E-state index in [1.54, 1.807) is 24.1 Å². The van der Waals surface area contributed by atoms with Crippen LogP contribution in [0.1, 0.15) is 48.0 Å². The Hall–Kier alpha value is -3.03. The van der Waals surface area contributed by atoms with E-state index in [9.17, 15) is 14.4 Å². The minimum Gasteiger partial charge on any atom is -0.360 e. The number of nitrogens with one attached hydrogen (secondary N) is 1. The fraction of sp³-hybridized carbons (Fsp3) is 0.414. The maximum Gasteiger partial charge on any atom is 0.256 e. The molecule has 0 unspecified atom stereocenters. The minimum absolute atomic E-state index is 0.0549. The van der Waals surface area contributed by atoms with Gasteiger partial charge in [0.25, 0.3) is 5.91 Å². The Morgan fingerprint density at radius 1 is 0.947 bits per heavy atom.